The lowest BCUT2D eigenvalue weighted by atomic mass is 10.0. The Kier molecular flexibility index (Phi) is 5.05. The molecule has 0 spiro atoms. The Morgan fingerprint density at radius 3 is 2.42 bits per heavy atom. The van der Waals surface area contributed by atoms with Gasteiger partial charge in [-0.05, 0) is 66.3 Å². The van der Waals surface area contributed by atoms with Crippen molar-refractivity contribution in [1.29, 1.82) is 0 Å². The van der Waals surface area contributed by atoms with Gasteiger partial charge < -0.3 is 5.32 Å². The van der Waals surface area contributed by atoms with Crippen molar-refractivity contribution in [2.24, 2.45) is 0 Å². The van der Waals surface area contributed by atoms with Crippen molar-refractivity contribution in [2.45, 2.75) is 6.54 Å². The van der Waals surface area contributed by atoms with E-state index < -0.39 is 0 Å². The van der Waals surface area contributed by atoms with Gasteiger partial charge in [0.2, 0.25) is 0 Å². The van der Waals surface area contributed by atoms with Crippen LogP contribution in [0, 0.1) is 5.82 Å². The highest BCUT2D eigenvalue weighted by Gasteiger charge is 2.26. The second-order valence-corrected chi connectivity index (χ2v) is 7.48. The number of hydrogen-bond donors (Lipinski definition) is 2. The summed E-state index contributed by atoms with van der Waals surface area (Å²) in [7, 11) is 0. The number of halogens is 1. The summed E-state index contributed by atoms with van der Waals surface area (Å²) in [5.41, 5.74) is 7.85. The number of nitrogens with zero attached hydrogens (tertiary/aromatic N) is 4. The fraction of sp³-hybridized carbons (Fsp3) is 0.0870. The van der Waals surface area contributed by atoms with Crippen molar-refractivity contribution < 1.29 is 4.39 Å². The molecule has 0 aliphatic carbocycles. The van der Waals surface area contributed by atoms with Crippen LogP contribution in [-0.2, 0) is 6.54 Å². The maximum atomic E-state index is 13.5. The van der Waals surface area contributed by atoms with Crippen LogP contribution in [0.15, 0.2) is 79.1 Å². The maximum Gasteiger partial charge on any atom is 0.192 e. The number of aromatic nitrogens is 3. The number of para-hydroxylation sites is 1. The smallest absolute Gasteiger partial charge is 0.192 e. The number of fused-ring (bicyclic) bond motifs is 1. The molecule has 0 bridgehead atoms. The predicted octanol–water partition coefficient (Wildman–Crippen LogP) is 4.79. The van der Waals surface area contributed by atoms with E-state index in [2.05, 4.69) is 15.7 Å². The molecular formula is C23H19FN6S. The molecular weight excluding hydrogens is 411 g/mol. The summed E-state index contributed by atoms with van der Waals surface area (Å²) in [6.45, 7) is 1.30. The Morgan fingerprint density at radius 2 is 1.68 bits per heavy atom. The third kappa shape index (κ3) is 3.85. The molecule has 0 amide bonds. The highest BCUT2D eigenvalue weighted by molar-refractivity contribution is 7.80. The summed E-state index contributed by atoms with van der Waals surface area (Å²) in [5.74, 6) is 0.550. The maximum absolute atomic E-state index is 13.5. The lowest BCUT2D eigenvalue weighted by Crippen LogP contribution is -2.45. The van der Waals surface area contributed by atoms with Crippen LogP contribution < -0.4 is 10.7 Å². The standard InChI is InChI=1S/C23H19FN6S/c24-18-8-6-17(7-9-18)21-20(16-10-12-25-13-11-16)22-28-30(15-14-29(22)27-21)23(31)26-19-4-2-1-3-5-19/h1-13,28H,14-15H2,(H,26,31). The molecule has 154 valence electrons. The first-order valence-electron chi connectivity index (χ1n) is 9.86. The number of hydrogen-bond acceptors (Lipinski definition) is 4. The largest absolute Gasteiger partial charge is 0.331 e. The second kappa shape index (κ2) is 8.16. The molecule has 2 aromatic heterocycles. The summed E-state index contributed by atoms with van der Waals surface area (Å²) < 4.78 is 15.4. The molecule has 3 heterocycles. The lowest BCUT2D eigenvalue weighted by Gasteiger charge is -2.32. The highest BCUT2D eigenvalue weighted by atomic mass is 32.1. The van der Waals surface area contributed by atoms with E-state index in [1.54, 1.807) is 24.5 Å². The fourth-order valence-corrected chi connectivity index (χ4v) is 3.84. The van der Waals surface area contributed by atoms with Crippen molar-refractivity contribution in [3.8, 4) is 22.4 Å². The molecule has 0 atom stereocenters. The minimum Gasteiger partial charge on any atom is -0.331 e. The summed E-state index contributed by atoms with van der Waals surface area (Å²) in [4.78, 5) is 4.13. The summed E-state index contributed by atoms with van der Waals surface area (Å²) in [6, 6.07) is 20.1. The molecule has 0 fully saturated rings. The molecule has 4 aromatic rings. The van der Waals surface area contributed by atoms with Crippen molar-refractivity contribution in [2.75, 3.05) is 17.3 Å². The summed E-state index contributed by atoms with van der Waals surface area (Å²) in [5, 5.41) is 10.6. The van der Waals surface area contributed by atoms with Gasteiger partial charge in [-0.15, -0.1) is 0 Å². The Balaban J connectivity index is 1.52. The number of rotatable bonds is 3. The quantitative estimate of drug-likeness (QED) is 0.456. The number of anilines is 2. The third-order valence-corrected chi connectivity index (χ3v) is 5.41. The normalized spacial score (nSPS) is 12.7. The topological polar surface area (TPSA) is 58.0 Å². The number of benzene rings is 2. The molecule has 2 N–H and O–H groups in total. The van der Waals surface area contributed by atoms with E-state index in [1.165, 1.54) is 12.1 Å². The molecule has 0 unspecified atom stereocenters. The molecule has 1 aliphatic rings. The molecule has 0 saturated carbocycles. The van der Waals surface area contributed by atoms with Gasteiger partial charge in [0.25, 0.3) is 0 Å². The Hall–Kier alpha value is -3.78. The van der Waals surface area contributed by atoms with Gasteiger partial charge in [0.15, 0.2) is 10.9 Å². The molecule has 31 heavy (non-hydrogen) atoms. The molecule has 0 radical (unpaired) electrons. The predicted molar refractivity (Wildman–Crippen MR) is 124 cm³/mol. The fourth-order valence-electron chi connectivity index (χ4n) is 3.58. The monoisotopic (exact) mass is 430 g/mol. The van der Waals surface area contributed by atoms with E-state index in [1.807, 2.05) is 52.2 Å². The second-order valence-electron chi connectivity index (χ2n) is 7.10. The van der Waals surface area contributed by atoms with Gasteiger partial charge in [-0.1, -0.05) is 18.2 Å². The van der Waals surface area contributed by atoms with E-state index in [0.717, 1.165) is 33.9 Å². The average Bonchev–Trinajstić information content (AvgIpc) is 3.19. The minimum atomic E-state index is -0.278. The first kappa shape index (κ1) is 19.2. The molecule has 5 rings (SSSR count). The minimum absolute atomic E-state index is 0.278. The number of hydrazine groups is 1. The summed E-state index contributed by atoms with van der Waals surface area (Å²) >= 11 is 5.63. The lowest BCUT2D eigenvalue weighted by molar-refractivity contribution is 0.405. The van der Waals surface area contributed by atoms with Gasteiger partial charge in [0.05, 0.1) is 18.7 Å². The zero-order valence-corrected chi connectivity index (χ0v) is 17.3. The van der Waals surface area contributed by atoms with Gasteiger partial charge >= 0.3 is 0 Å². The Labute approximate surface area is 184 Å². The van der Waals surface area contributed by atoms with E-state index in [4.69, 9.17) is 17.3 Å². The first-order valence-corrected chi connectivity index (χ1v) is 10.3. The zero-order chi connectivity index (χ0) is 21.2. The van der Waals surface area contributed by atoms with Crippen molar-refractivity contribution in [3.05, 3.63) is 84.9 Å². The SMILES string of the molecule is Fc1ccc(-c2nn3c(c2-c2ccncc2)NN(C(=S)Nc2ccccc2)CC3)cc1. The van der Waals surface area contributed by atoms with Crippen LogP contribution in [0.2, 0.25) is 0 Å². The van der Waals surface area contributed by atoms with Crippen LogP contribution in [0.5, 0.6) is 0 Å². The van der Waals surface area contributed by atoms with E-state index >= 15 is 0 Å². The number of nitrogens with one attached hydrogen (secondary N) is 2. The van der Waals surface area contributed by atoms with Gasteiger partial charge in [0, 0.05) is 23.6 Å². The number of pyridine rings is 1. The van der Waals surface area contributed by atoms with Crippen molar-refractivity contribution >= 4 is 28.8 Å². The van der Waals surface area contributed by atoms with Gasteiger partial charge in [-0.2, -0.15) is 5.10 Å². The average molecular weight is 431 g/mol. The zero-order valence-electron chi connectivity index (χ0n) is 16.5. The van der Waals surface area contributed by atoms with Gasteiger partial charge in [0.1, 0.15) is 11.5 Å². The molecule has 8 heteroatoms. The summed E-state index contributed by atoms with van der Waals surface area (Å²) in [6.07, 6.45) is 3.49. The molecule has 6 nitrogen and oxygen atoms in total. The van der Waals surface area contributed by atoms with E-state index in [0.29, 0.717) is 18.2 Å². The molecule has 0 saturated heterocycles. The first-order chi connectivity index (χ1) is 15.2. The Bertz CT molecular complexity index is 1210. The molecule has 1 aliphatic heterocycles. The van der Waals surface area contributed by atoms with Crippen LogP contribution >= 0.6 is 12.2 Å². The van der Waals surface area contributed by atoms with E-state index in [-0.39, 0.29) is 5.82 Å². The van der Waals surface area contributed by atoms with Crippen LogP contribution in [0.4, 0.5) is 15.9 Å². The van der Waals surface area contributed by atoms with Crippen LogP contribution in [0.25, 0.3) is 22.4 Å². The highest BCUT2D eigenvalue weighted by Crippen LogP contribution is 2.39. The van der Waals surface area contributed by atoms with Crippen molar-refractivity contribution in [1.82, 2.24) is 19.8 Å². The van der Waals surface area contributed by atoms with Crippen LogP contribution in [0.1, 0.15) is 0 Å². The van der Waals surface area contributed by atoms with E-state index in [9.17, 15) is 4.39 Å². The van der Waals surface area contributed by atoms with Crippen molar-refractivity contribution in [3.63, 3.8) is 0 Å². The third-order valence-electron chi connectivity index (χ3n) is 5.09. The van der Waals surface area contributed by atoms with Crippen LogP contribution in [-0.4, -0.2) is 31.4 Å². The van der Waals surface area contributed by atoms with Gasteiger partial charge in [-0.25, -0.2) is 9.07 Å². The molecule has 2 aromatic carbocycles. The Morgan fingerprint density at radius 1 is 0.935 bits per heavy atom. The number of thiocarbonyl (C=S) groups is 1. The van der Waals surface area contributed by atoms with Gasteiger partial charge in [-0.3, -0.25) is 15.4 Å². The van der Waals surface area contributed by atoms with Crippen LogP contribution in [0.3, 0.4) is 0 Å².